The lowest BCUT2D eigenvalue weighted by molar-refractivity contribution is -0.139. The monoisotopic (exact) mass is 390 g/mol. The highest BCUT2D eigenvalue weighted by molar-refractivity contribution is 5.79. The van der Waals surface area contributed by atoms with E-state index in [1.165, 1.54) is 11.1 Å². The molecule has 0 bridgehead atoms. The Kier molecular flexibility index (Phi) is 5.45. The van der Waals surface area contributed by atoms with Crippen LogP contribution in [0.2, 0.25) is 0 Å². The molecule has 6 heteroatoms. The number of carbonyl (C=O) groups excluding carboxylic acids is 1. The zero-order chi connectivity index (χ0) is 20.4. The van der Waals surface area contributed by atoms with Gasteiger partial charge in [-0.15, -0.1) is 0 Å². The summed E-state index contributed by atoms with van der Waals surface area (Å²) in [5.74, 6) is 1.08. The first-order chi connectivity index (χ1) is 14.1. The van der Waals surface area contributed by atoms with Gasteiger partial charge in [0.2, 0.25) is 17.6 Å². The molecule has 2 heterocycles. The molecule has 1 amide bonds. The van der Waals surface area contributed by atoms with Crippen LogP contribution in [0.1, 0.15) is 48.9 Å². The lowest BCUT2D eigenvalue weighted by Crippen LogP contribution is -2.41. The Bertz CT molecular complexity index is 996. The van der Waals surface area contributed by atoms with Crippen molar-refractivity contribution < 1.29 is 9.32 Å². The molecule has 3 aromatic rings. The van der Waals surface area contributed by atoms with Crippen LogP contribution in [0.25, 0.3) is 11.4 Å². The van der Waals surface area contributed by atoms with Crippen LogP contribution < -0.4 is 5.73 Å². The molecule has 0 saturated heterocycles. The second-order valence-electron chi connectivity index (χ2n) is 7.62. The van der Waals surface area contributed by atoms with E-state index >= 15 is 0 Å². The molecule has 29 heavy (non-hydrogen) atoms. The minimum absolute atomic E-state index is 0.0473. The SMILES string of the molecule is CCC(C)C(=O)N1Cc2ccccc2CC1c1nc(-c2ccc(CN)cc2)no1. The van der Waals surface area contributed by atoms with E-state index in [9.17, 15) is 4.79 Å². The fraction of sp³-hybridized carbons (Fsp3) is 0.348. The molecule has 0 spiro atoms. The molecule has 1 aromatic heterocycles. The zero-order valence-corrected chi connectivity index (χ0v) is 16.8. The smallest absolute Gasteiger partial charge is 0.250 e. The van der Waals surface area contributed by atoms with E-state index in [0.717, 1.165) is 17.5 Å². The first kappa shape index (κ1) is 19.3. The highest BCUT2D eigenvalue weighted by Crippen LogP contribution is 2.34. The standard InChI is InChI=1S/C23H26N4O2/c1-3-15(2)23(28)27-14-19-7-5-4-6-18(19)12-20(27)22-25-21(26-29-22)17-10-8-16(13-24)9-11-17/h4-11,15,20H,3,12-14,24H2,1-2H3. The molecule has 0 fully saturated rings. The van der Waals surface area contributed by atoms with Crippen molar-refractivity contribution in [2.24, 2.45) is 11.7 Å². The summed E-state index contributed by atoms with van der Waals surface area (Å²) in [6, 6.07) is 15.8. The van der Waals surface area contributed by atoms with Gasteiger partial charge in [-0.2, -0.15) is 4.98 Å². The minimum atomic E-state index is -0.254. The Balaban J connectivity index is 1.67. The normalized spacial score (nSPS) is 17.1. The number of hydrogen-bond donors (Lipinski definition) is 1. The molecule has 1 aliphatic heterocycles. The van der Waals surface area contributed by atoms with Crippen LogP contribution in [0.3, 0.4) is 0 Å². The van der Waals surface area contributed by atoms with E-state index < -0.39 is 0 Å². The van der Waals surface area contributed by atoms with Gasteiger partial charge in [0, 0.05) is 31.0 Å². The highest BCUT2D eigenvalue weighted by atomic mass is 16.5. The van der Waals surface area contributed by atoms with Crippen LogP contribution in [0.15, 0.2) is 53.1 Å². The van der Waals surface area contributed by atoms with Gasteiger partial charge in [-0.3, -0.25) is 4.79 Å². The van der Waals surface area contributed by atoms with Gasteiger partial charge in [0.25, 0.3) is 0 Å². The van der Waals surface area contributed by atoms with Crippen molar-refractivity contribution in [3.05, 3.63) is 71.1 Å². The summed E-state index contributed by atoms with van der Waals surface area (Å²) in [4.78, 5) is 19.6. The number of aromatic nitrogens is 2. The quantitative estimate of drug-likeness (QED) is 0.715. The fourth-order valence-corrected chi connectivity index (χ4v) is 3.71. The van der Waals surface area contributed by atoms with Gasteiger partial charge in [-0.1, -0.05) is 67.5 Å². The number of carbonyl (C=O) groups is 1. The summed E-state index contributed by atoms with van der Waals surface area (Å²) >= 11 is 0. The predicted octanol–water partition coefficient (Wildman–Crippen LogP) is 3.87. The topological polar surface area (TPSA) is 85.2 Å². The van der Waals surface area contributed by atoms with E-state index in [-0.39, 0.29) is 17.9 Å². The molecule has 6 nitrogen and oxygen atoms in total. The third-order valence-corrected chi connectivity index (χ3v) is 5.74. The molecular weight excluding hydrogens is 364 g/mol. The molecule has 2 N–H and O–H groups in total. The summed E-state index contributed by atoms with van der Waals surface area (Å²) in [6.45, 7) is 5.06. The van der Waals surface area contributed by atoms with Gasteiger partial charge in [0.15, 0.2) is 0 Å². The van der Waals surface area contributed by atoms with E-state index in [2.05, 4.69) is 22.3 Å². The summed E-state index contributed by atoms with van der Waals surface area (Å²) in [5.41, 5.74) is 9.99. The average Bonchev–Trinajstić information content (AvgIpc) is 3.27. The van der Waals surface area contributed by atoms with Crippen molar-refractivity contribution in [1.29, 1.82) is 0 Å². The number of amides is 1. The molecule has 2 unspecified atom stereocenters. The third kappa shape index (κ3) is 3.80. The van der Waals surface area contributed by atoms with Gasteiger partial charge in [0.1, 0.15) is 6.04 Å². The van der Waals surface area contributed by atoms with Crippen LogP contribution >= 0.6 is 0 Å². The Morgan fingerprint density at radius 3 is 2.62 bits per heavy atom. The molecule has 0 radical (unpaired) electrons. The summed E-state index contributed by atoms with van der Waals surface area (Å²) < 4.78 is 5.64. The molecule has 150 valence electrons. The van der Waals surface area contributed by atoms with Crippen molar-refractivity contribution in [2.45, 2.75) is 45.8 Å². The lowest BCUT2D eigenvalue weighted by atomic mass is 9.92. The molecule has 0 saturated carbocycles. The first-order valence-electron chi connectivity index (χ1n) is 10.1. The largest absolute Gasteiger partial charge is 0.337 e. The van der Waals surface area contributed by atoms with Crippen LogP contribution in [-0.2, 0) is 24.3 Å². The van der Waals surface area contributed by atoms with Crippen molar-refractivity contribution in [1.82, 2.24) is 15.0 Å². The third-order valence-electron chi connectivity index (χ3n) is 5.74. The Morgan fingerprint density at radius 1 is 1.21 bits per heavy atom. The van der Waals surface area contributed by atoms with E-state index in [4.69, 9.17) is 10.3 Å². The van der Waals surface area contributed by atoms with Gasteiger partial charge in [-0.25, -0.2) is 0 Å². The van der Waals surface area contributed by atoms with Crippen LogP contribution in [0.5, 0.6) is 0 Å². The number of hydrogen-bond acceptors (Lipinski definition) is 5. The summed E-state index contributed by atoms with van der Waals surface area (Å²) in [6.07, 6.45) is 1.47. The predicted molar refractivity (Wildman–Crippen MR) is 111 cm³/mol. The first-order valence-corrected chi connectivity index (χ1v) is 10.1. The molecule has 0 aliphatic carbocycles. The van der Waals surface area contributed by atoms with Gasteiger partial charge >= 0.3 is 0 Å². The van der Waals surface area contributed by atoms with Crippen molar-refractivity contribution in [3.8, 4) is 11.4 Å². The lowest BCUT2D eigenvalue weighted by Gasteiger charge is -2.36. The number of nitrogens with two attached hydrogens (primary N) is 1. The van der Waals surface area contributed by atoms with Crippen LogP contribution in [0.4, 0.5) is 0 Å². The van der Waals surface area contributed by atoms with Crippen molar-refractivity contribution in [2.75, 3.05) is 0 Å². The summed E-state index contributed by atoms with van der Waals surface area (Å²) in [7, 11) is 0. The maximum atomic E-state index is 13.1. The number of fused-ring (bicyclic) bond motifs is 1. The molecule has 2 aromatic carbocycles. The van der Waals surface area contributed by atoms with E-state index in [1.54, 1.807) is 0 Å². The minimum Gasteiger partial charge on any atom is -0.337 e. The molecular formula is C23H26N4O2. The highest BCUT2D eigenvalue weighted by Gasteiger charge is 2.35. The number of nitrogens with zero attached hydrogens (tertiary/aromatic N) is 3. The van der Waals surface area contributed by atoms with E-state index in [0.29, 0.717) is 31.2 Å². The van der Waals surface area contributed by atoms with Crippen LogP contribution in [-0.4, -0.2) is 20.9 Å². The van der Waals surface area contributed by atoms with Crippen molar-refractivity contribution >= 4 is 5.91 Å². The Hall–Kier alpha value is -2.99. The molecule has 4 rings (SSSR count). The number of rotatable bonds is 5. The second kappa shape index (κ2) is 8.17. The van der Waals surface area contributed by atoms with E-state index in [1.807, 2.05) is 55.1 Å². The maximum absolute atomic E-state index is 13.1. The number of benzene rings is 2. The van der Waals surface area contributed by atoms with Crippen LogP contribution in [0, 0.1) is 5.92 Å². The summed E-state index contributed by atoms with van der Waals surface area (Å²) in [5, 5.41) is 4.18. The Morgan fingerprint density at radius 2 is 1.93 bits per heavy atom. The van der Waals surface area contributed by atoms with Gasteiger partial charge < -0.3 is 15.2 Å². The fourth-order valence-electron chi connectivity index (χ4n) is 3.71. The second-order valence-corrected chi connectivity index (χ2v) is 7.62. The average molecular weight is 390 g/mol. The van der Waals surface area contributed by atoms with Gasteiger partial charge in [0.05, 0.1) is 0 Å². The molecule has 1 aliphatic rings. The van der Waals surface area contributed by atoms with Crippen molar-refractivity contribution in [3.63, 3.8) is 0 Å². The zero-order valence-electron chi connectivity index (χ0n) is 16.8. The maximum Gasteiger partial charge on any atom is 0.250 e. The molecule has 2 atom stereocenters. The Labute approximate surface area is 170 Å². The van der Waals surface area contributed by atoms with Gasteiger partial charge in [-0.05, 0) is 23.1 Å².